The molecule has 1 aliphatic heterocycles. The van der Waals surface area contributed by atoms with Gasteiger partial charge in [-0.3, -0.25) is 4.79 Å². The Morgan fingerprint density at radius 1 is 1.40 bits per heavy atom. The minimum atomic E-state index is -0.0942. The third-order valence-electron chi connectivity index (χ3n) is 4.82. The summed E-state index contributed by atoms with van der Waals surface area (Å²) in [6.07, 6.45) is 1.06. The average molecular weight is 338 g/mol. The number of ether oxygens (including phenoxy) is 1. The number of imidazole rings is 1. The SMILES string of the molecule is CO[C@@H]1C[C@@H](c2nc(C)c(C)[nH]2)N(C(=O)Cc2ccc(C#N)cc2)C1. The fourth-order valence-electron chi connectivity index (χ4n) is 3.21. The summed E-state index contributed by atoms with van der Waals surface area (Å²) in [5.74, 6) is 0.865. The third-order valence-corrected chi connectivity index (χ3v) is 4.82. The van der Waals surface area contributed by atoms with Gasteiger partial charge < -0.3 is 14.6 Å². The molecule has 0 saturated carbocycles. The van der Waals surface area contributed by atoms with Gasteiger partial charge in [0.15, 0.2) is 0 Å². The lowest BCUT2D eigenvalue weighted by Crippen LogP contribution is -2.33. The smallest absolute Gasteiger partial charge is 0.227 e. The first-order chi connectivity index (χ1) is 12.0. The Balaban J connectivity index is 1.79. The number of aromatic nitrogens is 2. The van der Waals surface area contributed by atoms with E-state index in [0.29, 0.717) is 18.5 Å². The summed E-state index contributed by atoms with van der Waals surface area (Å²) in [5.41, 5.74) is 3.47. The maximum atomic E-state index is 12.9. The van der Waals surface area contributed by atoms with Crippen LogP contribution in [0.2, 0.25) is 0 Å². The van der Waals surface area contributed by atoms with E-state index in [2.05, 4.69) is 16.0 Å². The van der Waals surface area contributed by atoms with Crippen LogP contribution in [-0.2, 0) is 16.0 Å². The van der Waals surface area contributed by atoms with Crippen molar-refractivity contribution in [3.05, 3.63) is 52.6 Å². The topological polar surface area (TPSA) is 82.0 Å². The highest BCUT2D eigenvalue weighted by Gasteiger charge is 2.37. The van der Waals surface area contributed by atoms with Gasteiger partial charge in [-0.05, 0) is 31.5 Å². The highest BCUT2D eigenvalue weighted by Crippen LogP contribution is 2.32. The van der Waals surface area contributed by atoms with Gasteiger partial charge in [-0.1, -0.05) is 12.1 Å². The molecule has 1 aromatic carbocycles. The number of carbonyl (C=O) groups is 1. The third kappa shape index (κ3) is 3.57. The van der Waals surface area contributed by atoms with Gasteiger partial charge in [0.25, 0.3) is 0 Å². The fraction of sp³-hybridized carbons (Fsp3) is 0.421. The number of H-pyrrole nitrogens is 1. The number of aryl methyl sites for hydroxylation is 2. The molecular weight excluding hydrogens is 316 g/mol. The van der Waals surface area contributed by atoms with Crippen LogP contribution in [0.15, 0.2) is 24.3 Å². The Morgan fingerprint density at radius 2 is 2.12 bits per heavy atom. The molecular formula is C19H22N4O2. The Labute approximate surface area is 147 Å². The van der Waals surface area contributed by atoms with Crippen molar-refractivity contribution < 1.29 is 9.53 Å². The summed E-state index contributed by atoms with van der Waals surface area (Å²) < 4.78 is 5.49. The maximum absolute atomic E-state index is 12.9. The molecule has 2 heterocycles. The molecule has 25 heavy (non-hydrogen) atoms. The number of hydrogen-bond donors (Lipinski definition) is 1. The predicted octanol–water partition coefficient (Wildman–Crippen LogP) is 2.43. The molecule has 1 aliphatic rings. The normalized spacial score (nSPS) is 19.8. The highest BCUT2D eigenvalue weighted by molar-refractivity contribution is 5.79. The van der Waals surface area contributed by atoms with Crippen molar-refractivity contribution in [2.75, 3.05) is 13.7 Å². The number of carbonyl (C=O) groups excluding carboxylic acids is 1. The molecule has 0 unspecified atom stereocenters. The van der Waals surface area contributed by atoms with Crippen LogP contribution >= 0.6 is 0 Å². The van der Waals surface area contributed by atoms with Gasteiger partial charge in [0.1, 0.15) is 5.82 Å². The number of nitrogens with zero attached hydrogens (tertiary/aromatic N) is 3. The summed E-state index contributed by atoms with van der Waals surface area (Å²) in [4.78, 5) is 22.6. The largest absolute Gasteiger partial charge is 0.380 e. The fourth-order valence-corrected chi connectivity index (χ4v) is 3.21. The molecule has 0 radical (unpaired) electrons. The van der Waals surface area contributed by atoms with Gasteiger partial charge in [-0.15, -0.1) is 0 Å². The lowest BCUT2D eigenvalue weighted by molar-refractivity contribution is -0.131. The van der Waals surface area contributed by atoms with Gasteiger partial charge in [0.05, 0.1) is 35.9 Å². The van der Waals surface area contributed by atoms with Gasteiger partial charge >= 0.3 is 0 Å². The summed E-state index contributed by atoms with van der Waals surface area (Å²) in [6.45, 7) is 4.51. The Bertz CT molecular complexity index is 784. The first-order valence-corrected chi connectivity index (χ1v) is 8.36. The Kier molecular flexibility index (Phi) is 4.86. The predicted molar refractivity (Wildman–Crippen MR) is 92.8 cm³/mol. The van der Waals surface area contributed by atoms with E-state index in [-0.39, 0.29) is 18.1 Å². The Morgan fingerprint density at radius 3 is 2.68 bits per heavy atom. The van der Waals surface area contributed by atoms with Crippen LogP contribution in [0.25, 0.3) is 0 Å². The second-order valence-electron chi connectivity index (χ2n) is 6.47. The van der Waals surface area contributed by atoms with Crippen molar-refractivity contribution in [2.24, 2.45) is 0 Å². The second-order valence-corrected chi connectivity index (χ2v) is 6.47. The molecule has 1 N–H and O–H groups in total. The molecule has 0 aliphatic carbocycles. The molecule has 1 fully saturated rings. The minimum Gasteiger partial charge on any atom is -0.380 e. The first-order valence-electron chi connectivity index (χ1n) is 8.36. The monoisotopic (exact) mass is 338 g/mol. The molecule has 0 bridgehead atoms. The molecule has 6 nitrogen and oxygen atoms in total. The summed E-state index contributed by atoms with van der Waals surface area (Å²) in [7, 11) is 1.68. The average Bonchev–Trinajstić information content (AvgIpc) is 3.19. The van der Waals surface area contributed by atoms with E-state index >= 15 is 0 Å². The highest BCUT2D eigenvalue weighted by atomic mass is 16.5. The number of nitrogens with one attached hydrogen (secondary N) is 1. The number of likely N-dealkylation sites (tertiary alicyclic amines) is 1. The quantitative estimate of drug-likeness (QED) is 0.928. The minimum absolute atomic E-state index is 0.0145. The van der Waals surface area contributed by atoms with Gasteiger partial charge in [0, 0.05) is 25.8 Å². The van der Waals surface area contributed by atoms with E-state index in [0.717, 1.165) is 29.2 Å². The van der Waals surface area contributed by atoms with Gasteiger partial charge in [0.2, 0.25) is 5.91 Å². The van der Waals surface area contributed by atoms with Crippen LogP contribution in [0.3, 0.4) is 0 Å². The van der Waals surface area contributed by atoms with Gasteiger partial charge in [-0.25, -0.2) is 4.98 Å². The first kappa shape index (κ1) is 17.2. The zero-order valence-electron chi connectivity index (χ0n) is 14.7. The Hall–Kier alpha value is -2.65. The summed E-state index contributed by atoms with van der Waals surface area (Å²) in [6, 6.07) is 9.13. The summed E-state index contributed by atoms with van der Waals surface area (Å²) in [5, 5.41) is 8.87. The molecule has 1 aromatic heterocycles. The van der Waals surface area contributed by atoms with Crippen molar-refractivity contribution in [3.8, 4) is 6.07 Å². The number of aromatic amines is 1. The molecule has 130 valence electrons. The number of hydrogen-bond acceptors (Lipinski definition) is 4. The van der Waals surface area contributed by atoms with Crippen LogP contribution in [0.1, 0.15) is 40.8 Å². The molecule has 2 atom stereocenters. The van der Waals surface area contributed by atoms with Crippen molar-refractivity contribution in [3.63, 3.8) is 0 Å². The lowest BCUT2D eigenvalue weighted by Gasteiger charge is -2.23. The number of nitriles is 1. The van der Waals surface area contributed by atoms with E-state index in [1.165, 1.54) is 0 Å². The van der Waals surface area contributed by atoms with Crippen LogP contribution in [0.4, 0.5) is 0 Å². The molecule has 2 aromatic rings. The molecule has 1 saturated heterocycles. The van der Waals surface area contributed by atoms with Crippen LogP contribution in [-0.4, -0.2) is 40.5 Å². The van der Waals surface area contributed by atoms with E-state index in [4.69, 9.17) is 10.00 Å². The molecule has 0 spiro atoms. The van der Waals surface area contributed by atoms with Gasteiger partial charge in [-0.2, -0.15) is 5.26 Å². The van der Waals surface area contributed by atoms with Crippen molar-refractivity contribution in [2.45, 2.75) is 38.8 Å². The number of benzene rings is 1. The summed E-state index contributed by atoms with van der Waals surface area (Å²) >= 11 is 0. The van der Waals surface area contributed by atoms with Crippen molar-refractivity contribution in [1.82, 2.24) is 14.9 Å². The van der Waals surface area contributed by atoms with Crippen LogP contribution in [0, 0.1) is 25.2 Å². The lowest BCUT2D eigenvalue weighted by atomic mass is 10.1. The zero-order valence-corrected chi connectivity index (χ0v) is 14.7. The van der Waals surface area contributed by atoms with E-state index in [1.54, 1.807) is 19.2 Å². The van der Waals surface area contributed by atoms with E-state index < -0.39 is 0 Å². The second kappa shape index (κ2) is 7.08. The molecule has 1 amide bonds. The maximum Gasteiger partial charge on any atom is 0.227 e. The van der Waals surface area contributed by atoms with Crippen LogP contribution < -0.4 is 0 Å². The number of rotatable bonds is 4. The van der Waals surface area contributed by atoms with E-state index in [1.807, 2.05) is 30.9 Å². The van der Waals surface area contributed by atoms with Crippen molar-refractivity contribution in [1.29, 1.82) is 5.26 Å². The van der Waals surface area contributed by atoms with Crippen molar-refractivity contribution >= 4 is 5.91 Å². The zero-order chi connectivity index (χ0) is 18.0. The van der Waals surface area contributed by atoms with Crippen LogP contribution in [0.5, 0.6) is 0 Å². The van der Waals surface area contributed by atoms with E-state index in [9.17, 15) is 4.79 Å². The molecule has 3 rings (SSSR count). The molecule has 6 heteroatoms. The number of methoxy groups -OCH3 is 1. The number of amides is 1. The standard InChI is InChI=1S/C19H22N4O2/c1-12-13(2)22-19(21-12)17-9-16(25-3)11-23(17)18(24)8-14-4-6-15(10-20)7-5-14/h4-7,16-17H,8-9,11H2,1-3H3,(H,21,22)/t16-,17+/m1/s1.